The molecule has 5 heteroatoms. The number of aromatic nitrogens is 1. The summed E-state index contributed by atoms with van der Waals surface area (Å²) in [7, 11) is 0. The molecule has 1 atom stereocenters. The molecule has 0 bridgehead atoms. The van der Waals surface area contributed by atoms with Crippen molar-refractivity contribution < 1.29 is 4.79 Å². The molecule has 1 aliphatic rings. The zero-order valence-corrected chi connectivity index (χ0v) is 14.3. The number of hydrogen-bond donors (Lipinski definition) is 2. The Bertz CT molecular complexity index is 478. The monoisotopic (exact) mass is 309 g/mol. The second-order valence-corrected chi connectivity index (χ2v) is 7.42. The summed E-state index contributed by atoms with van der Waals surface area (Å²) < 4.78 is 0. The number of carbonyl (C=O) groups is 1. The Labute approximate surface area is 131 Å². The molecule has 2 N–H and O–H groups in total. The van der Waals surface area contributed by atoms with Crippen LogP contribution < -0.4 is 10.6 Å². The van der Waals surface area contributed by atoms with Crippen LogP contribution in [0.3, 0.4) is 0 Å². The van der Waals surface area contributed by atoms with Crippen LogP contribution >= 0.6 is 11.3 Å². The average molecular weight is 309 g/mol. The second-order valence-electron chi connectivity index (χ2n) is 6.31. The Morgan fingerprint density at radius 2 is 2.00 bits per heavy atom. The molecule has 0 radical (unpaired) electrons. The lowest BCUT2D eigenvalue weighted by Gasteiger charge is -2.17. The standard InChI is InChI=1S/C16H27N3OS/c1-10(2)16-18-11(3)14(21-16)9-17-12(4)15(20)19-13-7-5-6-8-13/h10,12-13,17H,5-9H2,1-4H3,(H,19,20). The minimum atomic E-state index is -0.158. The fraction of sp³-hybridized carbons (Fsp3) is 0.750. The molecule has 1 aliphatic carbocycles. The molecular formula is C16H27N3OS. The molecule has 1 aromatic heterocycles. The number of amides is 1. The molecule has 0 aliphatic heterocycles. The molecule has 1 aromatic rings. The Morgan fingerprint density at radius 3 is 2.57 bits per heavy atom. The molecule has 4 nitrogen and oxygen atoms in total. The number of aryl methyl sites for hydroxylation is 1. The molecular weight excluding hydrogens is 282 g/mol. The Morgan fingerprint density at radius 1 is 1.33 bits per heavy atom. The van der Waals surface area contributed by atoms with E-state index in [1.165, 1.54) is 22.7 Å². The summed E-state index contributed by atoms with van der Waals surface area (Å²) in [6.45, 7) is 9.02. The van der Waals surface area contributed by atoms with Crippen molar-refractivity contribution in [3.8, 4) is 0 Å². The van der Waals surface area contributed by atoms with Crippen LogP contribution in [0.25, 0.3) is 0 Å². The van der Waals surface area contributed by atoms with Crippen LogP contribution in [0.1, 0.15) is 68.0 Å². The van der Waals surface area contributed by atoms with Gasteiger partial charge in [-0.2, -0.15) is 0 Å². The van der Waals surface area contributed by atoms with E-state index in [4.69, 9.17) is 0 Å². The van der Waals surface area contributed by atoms with Crippen molar-refractivity contribution in [3.05, 3.63) is 15.6 Å². The third kappa shape index (κ3) is 4.51. The van der Waals surface area contributed by atoms with Gasteiger partial charge in [-0.25, -0.2) is 4.98 Å². The summed E-state index contributed by atoms with van der Waals surface area (Å²) in [5, 5.41) is 7.64. The van der Waals surface area contributed by atoms with Gasteiger partial charge in [-0.3, -0.25) is 4.79 Å². The molecule has 1 heterocycles. The van der Waals surface area contributed by atoms with Crippen LogP contribution in [0.2, 0.25) is 0 Å². The highest BCUT2D eigenvalue weighted by molar-refractivity contribution is 7.11. The SMILES string of the molecule is Cc1nc(C(C)C)sc1CNC(C)C(=O)NC1CCCC1. The highest BCUT2D eigenvalue weighted by Crippen LogP contribution is 2.24. The van der Waals surface area contributed by atoms with Crippen molar-refractivity contribution in [2.24, 2.45) is 0 Å². The first-order chi connectivity index (χ1) is 9.97. The van der Waals surface area contributed by atoms with Crippen LogP contribution in [0.4, 0.5) is 0 Å². The van der Waals surface area contributed by atoms with E-state index in [1.807, 2.05) is 13.8 Å². The van der Waals surface area contributed by atoms with Gasteiger partial charge in [0.1, 0.15) is 0 Å². The lowest BCUT2D eigenvalue weighted by atomic mass is 10.2. The molecule has 1 fully saturated rings. The van der Waals surface area contributed by atoms with Gasteiger partial charge in [-0.1, -0.05) is 26.7 Å². The summed E-state index contributed by atoms with van der Waals surface area (Å²) >= 11 is 1.75. The van der Waals surface area contributed by atoms with Crippen molar-refractivity contribution in [3.63, 3.8) is 0 Å². The number of thiazole rings is 1. The lowest BCUT2D eigenvalue weighted by Crippen LogP contribution is -2.45. The molecule has 1 unspecified atom stereocenters. The highest BCUT2D eigenvalue weighted by atomic mass is 32.1. The van der Waals surface area contributed by atoms with Crippen molar-refractivity contribution in [2.75, 3.05) is 0 Å². The number of rotatable bonds is 6. The fourth-order valence-corrected chi connectivity index (χ4v) is 3.62. The third-order valence-electron chi connectivity index (χ3n) is 4.07. The quantitative estimate of drug-likeness (QED) is 0.849. The van der Waals surface area contributed by atoms with E-state index >= 15 is 0 Å². The molecule has 0 aromatic carbocycles. The predicted molar refractivity (Wildman–Crippen MR) is 87.6 cm³/mol. The first-order valence-electron chi connectivity index (χ1n) is 7.97. The van der Waals surface area contributed by atoms with E-state index in [2.05, 4.69) is 29.5 Å². The smallest absolute Gasteiger partial charge is 0.237 e. The van der Waals surface area contributed by atoms with E-state index in [9.17, 15) is 4.79 Å². The van der Waals surface area contributed by atoms with Gasteiger partial charge in [0.2, 0.25) is 5.91 Å². The summed E-state index contributed by atoms with van der Waals surface area (Å²) in [4.78, 5) is 18.0. The Balaban J connectivity index is 1.82. The van der Waals surface area contributed by atoms with Crippen molar-refractivity contribution in [1.82, 2.24) is 15.6 Å². The minimum absolute atomic E-state index is 0.119. The maximum atomic E-state index is 12.1. The van der Waals surface area contributed by atoms with Gasteiger partial charge in [-0.15, -0.1) is 11.3 Å². The zero-order valence-electron chi connectivity index (χ0n) is 13.5. The molecule has 1 saturated carbocycles. The molecule has 0 saturated heterocycles. The summed E-state index contributed by atoms with van der Waals surface area (Å²) in [6, 6.07) is 0.231. The topological polar surface area (TPSA) is 54.0 Å². The van der Waals surface area contributed by atoms with Gasteiger partial charge in [0.05, 0.1) is 16.7 Å². The van der Waals surface area contributed by atoms with Crippen LogP contribution in [-0.4, -0.2) is 23.0 Å². The van der Waals surface area contributed by atoms with Gasteiger partial charge in [0.25, 0.3) is 0 Å². The Kier molecular flexibility index (Phi) is 5.76. The van der Waals surface area contributed by atoms with Crippen molar-refractivity contribution >= 4 is 17.2 Å². The Hall–Kier alpha value is -0.940. The van der Waals surface area contributed by atoms with Gasteiger partial charge in [0.15, 0.2) is 0 Å². The highest BCUT2D eigenvalue weighted by Gasteiger charge is 2.20. The van der Waals surface area contributed by atoms with Crippen LogP contribution in [0.15, 0.2) is 0 Å². The van der Waals surface area contributed by atoms with Gasteiger partial charge < -0.3 is 10.6 Å². The predicted octanol–water partition coefficient (Wildman–Crippen LogP) is 3.11. The van der Waals surface area contributed by atoms with E-state index in [0.717, 1.165) is 25.1 Å². The first-order valence-corrected chi connectivity index (χ1v) is 8.79. The van der Waals surface area contributed by atoms with Crippen LogP contribution in [0.5, 0.6) is 0 Å². The molecule has 2 rings (SSSR count). The number of carbonyl (C=O) groups excluding carboxylic acids is 1. The summed E-state index contributed by atoms with van der Waals surface area (Å²) in [5.74, 6) is 0.582. The van der Waals surface area contributed by atoms with E-state index < -0.39 is 0 Å². The number of nitrogens with one attached hydrogen (secondary N) is 2. The van der Waals surface area contributed by atoms with Crippen LogP contribution in [0, 0.1) is 6.92 Å². The number of hydrogen-bond acceptors (Lipinski definition) is 4. The normalized spacial score (nSPS) is 17.4. The van der Waals surface area contributed by atoms with Crippen molar-refractivity contribution in [2.45, 2.75) is 77.9 Å². The second kappa shape index (κ2) is 7.36. The van der Waals surface area contributed by atoms with Gasteiger partial charge in [0, 0.05) is 23.4 Å². The maximum Gasteiger partial charge on any atom is 0.237 e. The first kappa shape index (κ1) is 16.4. The lowest BCUT2D eigenvalue weighted by molar-refractivity contribution is -0.123. The van der Waals surface area contributed by atoms with Crippen molar-refractivity contribution in [1.29, 1.82) is 0 Å². The third-order valence-corrected chi connectivity index (χ3v) is 5.52. The average Bonchev–Trinajstić information content (AvgIpc) is 3.05. The molecule has 1 amide bonds. The van der Waals surface area contributed by atoms with E-state index in [0.29, 0.717) is 12.0 Å². The van der Waals surface area contributed by atoms with E-state index in [1.54, 1.807) is 11.3 Å². The van der Waals surface area contributed by atoms with Gasteiger partial charge in [-0.05, 0) is 26.7 Å². The zero-order chi connectivity index (χ0) is 15.4. The minimum Gasteiger partial charge on any atom is -0.352 e. The number of nitrogens with zero attached hydrogens (tertiary/aromatic N) is 1. The van der Waals surface area contributed by atoms with Gasteiger partial charge >= 0.3 is 0 Å². The maximum absolute atomic E-state index is 12.1. The van der Waals surface area contributed by atoms with E-state index in [-0.39, 0.29) is 11.9 Å². The largest absolute Gasteiger partial charge is 0.352 e. The molecule has 21 heavy (non-hydrogen) atoms. The fourth-order valence-electron chi connectivity index (χ4n) is 2.60. The summed E-state index contributed by atoms with van der Waals surface area (Å²) in [6.07, 6.45) is 4.74. The van der Waals surface area contributed by atoms with Crippen LogP contribution in [-0.2, 0) is 11.3 Å². The molecule has 0 spiro atoms. The molecule has 118 valence electrons. The summed E-state index contributed by atoms with van der Waals surface area (Å²) in [5.41, 5.74) is 1.08.